The molecule has 2 unspecified atom stereocenters. The van der Waals surface area contributed by atoms with Crippen molar-refractivity contribution in [1.82, 2.24) is 5.32 Å². The van der Waals surface area contributed by atoms with Gasteiger partial charge in [0.2, 0.25) is 5.91 Å². The van der Waals surface area contributed by atoms with Crippen LogP contribution in [0.25, 0.3) is 0 Å². The van der Waals surface area contributed by atoms with Gasteiger partial charge < -0.3 is 14.8 Å². The minimum Gasteiger partial charge on any atom is -0.464 e. The summed E-state index contributed by atoms with van der Waals surface area (Å²) in [7, 11) is 1.58. The first kappa shape index (κ1) is 14.0. The van der Waals surface area contributed by atoms with Gasteiger partial charge in [0.15, 0.2) is 0 Å². The number of amides is 1. The summed E-state index contributed by atoms with van der Waals surface area (Å²) in [5.41, 5.74) is -0.502. The van der Waals surface area contributed by atoms with E-state index in [9.17, 15) is 9.59 Å². The minimum absolute atomic E-state index is 0.117. The Morgan fingerprint density at radius 1 is 1.59 bits per heavy atom. The van der Waals surface area contributed by atoms with E-state index in [1.54, 1.807) is 14.0 Å². The summed E-state index contributed by atoms with van der Waals surface area (Å²) in [6.07, 6.45) is 0.308. The van der Waals surface area contributed by atoms with E-state index in [1.165, 1.54) is 0 Å². The van der Waals surface area contributed by atoms with Crippen LogP contribution in [0, 0.1) is 11.3 Å². The fourth-order valence-electron chi connectivity index (χ4n) is 2.38. The molecule has 0 aromatic heterocycles. The molecule has 5 nitrogen and oxygen atoms in total. The van der Waals surface area contributed by atoms with Gasteiger partial charge >= 0.3 is 5.97 Å². The number of carbonyl (C=O) groups is 2. The Kier molecular flexibility index (Phi) is 4.51. The lowest BCUT2D eigenvalue weighted by atomic mass is 9.72. The number of hydrogen-bond donors (Lipinski definition) is 1. The van der Waals surface area contributed by atoms with Crippen molar-refractivity contribution in [3.05, 3.63) is 0 Å². The van der Waals surface area contributed by atoms with E-state index in [0.717, 1.165) is 0 Å². The normalized spacial score (nSPS) is 28.3. The highest BCUT2D eigenvalue weighted by molar-refractivity contribution is 5.90. The summed E-state index contributed by atoms with van der Waals surface area (Å²) in [6.45, 7) is 6.42. The average Bonchev–Trinajstić information content (AvgIpc) is 2.58. The van der Waals surface area contributed by atoms with Crippen molar-refractivity contribution < 1.29 is 19.1 Å². The first-order valence-corrected chi connectivity index (χ1v) is 5.93. The van der Waals surface area contributed by atoms with Crippen LogP contribution in [0.1, 0.15) is 27.2 Å². The molecule has 0 aliphatic carbocycles. The van der Waals surface area contributed by atoms with Crippen molar-refractivity contribution in [2.75, 3.05) is 20.3 Å². The third-order valence-corrected chi connectivity index (χ3v) is 3.46. The van der Waals surface area contributed by atoms with E-state index in [4.69, 9.17) is 9.47 Å². The Morgan fingerprint density at radius 3 is 2.71 bits per heavy atom. The number of rotatable bonds is 5. The fourth-order valence-corrected chi connectivity index (χ4v) is 2.38. The van der Waals surface area contributed by atoms with Gasteiger partial charge in [-0.1, -0.05) is 13.8 Å². The van der Waals surface area contributed by atoms with Crippen LogP contribution < -0.4 is 5.32 Å². The van der Waals surface area contributed by atoms with Gasteiger partial charge in [-0.3, -0.25) is 4.79 Å². The standard InChI is InChI=1S/C12H21NO4/c1-5-17-11(15)10-12(7-16-4,8(2)3)6-9(14)13-10/h8,10H,5-7H2,1-4H3,(H,13,14). The molecule has 0 saturated carbocycles. The van der Waals surface area contributed by atoms with Crippen molar-refractivity contribution >= 4 is 11.9 Å². The fraction of sp³-hybridized carbons (Fsp3) is 0.833. The lowest BCUT2D eigenvalue weighted by Crippen LogP contribution is -2.49. The maximum absolute atomic E-state index is 11.9. The van der Waals surface area contributed by atoms with Crippen LogP contribution >= 0.6 is 0 Å². The van der Waals surface area contributed by atoms with Crippen LogP contribution in [0.2, 0.25) is 0 Å². The maximum atomic E-state index is 11.9. The molecule has 0 bridgehead atoms. The average molecular weight is 243 g/mol. The third kappa shape index (κ3) is 2.60. The molecule has 2 atom stereocenters. The van der Waals surface area contributed by atoms with E-state index in [0.29, 0.717) is 19.6 Å². The molecule has 0 radical (unpaired) electrons. The molecule has 0 aromatic rings. The quantitative estimate of drug-likeness (QED) is 0.723. The zero-order chi connectivity index (χ0) is 13.1. The van der Waals surface area contributed by atoms with Crippen LogP contribution in [0.4, 0.5) is 0 Å². The zero-order valence-corrected chi connectivity index (χ0v) is 10.9. The summed E-state index contributed by atoms with van der Waals surface area (Å²) < 4.78 is 10.2. The SMILES string of the molecule is CCOC(=O)C1NC(=O)CC1(COC)C(C)C. The molecule has 1 rings (SSSR count). The van der Waals surface area contributed by atoms with Crippen LogP contribution in [0.15, 0.2) is 0 Å². The molecule has 5 heteroatoms. The smallest absolute Gasteiger partial charge is 0.329 e. The molecule has 1 N–H and O–H groups in total. The number of carbonyl (C=O) groups excluding carboxylic acids is 2. The Hall–Kier alpha value is -1.10. The van der Waals surface area contributed by atoms with Gasteiger partial charge in [0.25, 0.3) is 0 Å². The molecule has 17 heavy (non-hydrogen) atoms. The van der Waals surface area contributed by atoms with Crippen LogP contribution in [-0.2, 0) is 19.1 Å². The van der Waals surface area contributed by atoms with Gasteiger partial charge in [-0.2, -0.15) is 0 Å². The second-order valence-electron chi connectivity index (χ2n) is 4.75. The van der Waals surface area contributed by atoms with Gasteiger partial charge in [0.1, 0.15) is 6.04 Å². The molecule has 1 fully saturated rings. The van der Waals surface area contributed by atoms with E-state index < -0.39 is 11.5 Å². The highest BCUT2D eigenvalue weighted by Gasteiger charge is 2.53. The highest BCUT2D eigenvalue weighted by atomic mass is 16.5. The monoisotopic (exact) mass is 243 g/mol. The summed E-state index contributed by atoms with van der Waals surface area (Å²) in [6, 6.07) is -0.602. The van der Waals surface area contributed by atoms with E-state index in [-0.39, 0.29) is 17.8 Å². The number of esters is 1. The topological polar surface area (TPSA) is 64.6 Å². The van der Waals surface area contributed by atoms with E-state index in [1.807, 2.05) is 13.8 Å². The van der Waals surface area contributed by atoms with Crippen molar-refractivity contribution in [3.63, 3.8) is 0 Å². The Balaban J connectivity index is 2.98. The number of hydrogen-bond acceptors (Lipinski definition) is 4. The second-order valence-corrected chi connectivity index (χ2v) is 4.75. The van der Waals surface area contributed by atoms with Crippen molar-refractivity contribution in [1.29, 1.82) is 0 Å². The molecule has 1 aliphatic heterocycles. The predicted molar refractivity (Wildman–Crippen MR) is 62.3 cm³/mol. The molecular formula is C12H21NO4. The molecule has 1 amide bonds. The molecule has 0 spiro atoms. The summed E-state index contributed by atoms with van der Waals surface area (Å²) in [5.74, 6) is -0.339. The lowest BCUT2D eigenvalue weighted by Gasteiger charge is -2.35. The first-order valence-electron chi connectivity index (χ1n) is 5.93. The van der Waals surface area contributed by atoms with Gasteiger partial charge in [0, 0.05) is 18.9 Å². The van der Waals surface area contributed by atoms with Crippen molar-refractivity contribution in [3.8, 4) is 0 Å². The highest BCUT2D eigenvalue weighted by Crippen LogP contribution is 2.40. The molecule has 0 aromatic carbocycles. The summed E-state index contributed by atoms with van der Waals surface area (Å²) >= 11 is 0. The Morgan fingerprint density at radius 2 is 2.24 bits per heavy atom. The molecule has 1 heterocycles. The minimum atomic E-state index is -0.602. The summed E-state index contributed by atoms with van der Waals surface area (Å²) in [5, 5.41) is 2.70. The summed E-state index contributed by atoms with van der Waals surface area (Å²) in [4.78, 5) is 23.5. The van der Waals surface area contributed by atoms with Gasteiger partial charge in [-0.25, -0.2) is 4.79 Å². The Bertz CT molecular complexity index is 303. The van der Waals surface area contributed by atoms with Crippen LogP contribution in [0.3, 0.4) is 0 Å². The lowest BCUT2D eigenvalue weighted by molar-refractivity contribution is -0.150. The van der Waals surface area contributed by atoms with Crippen molar-refractivity contribution in [2.24, 2.45) is 11.3 Å². The molecule has 1 saturated heterocycles. The first-order chi connectivity index (χ1) is 7.97. The predicted octanol–water partition coefficient (Wildman–Crippen LogP) is 0.727. The van der Waals surface area contributed by atoms with Crippen LogP contribution in [0.5, 0.6) is 0 Å². The molecule has 1 aliphatic rings. The largest absolute Gasteiger partial charge is 0.464 e. The number of nitrogens with one attached hydrogen (secondary N) is 1. The maximum Gasteiger partial charge on any atom is 0.329 e. The van der Waals surface area contributed by atoms with Gasteiger partial charge in [0.05, 0.1) is 13.2 Å². The van der Waals surface area contributed by atoms with Gasteiger partial charge in [-0.05, 0) is 12.8 Å². The Labute approximate surface area is 102 Å². The third-order valence-electron chi connectivity index (χ3n) is 3.46. The van der Waals surface area contributed by atoms with E-state index >= 15 is 0 Å². The van der Waals surface area contributed by atoms with Crippen LogP contribution in [-0.4, -0.2) is 38.2 Å². The number of ether oxygens (including phenoxy) is 2. The number of methoxy groups -OCH3 is 1. The molecule has 98 valence electrons. The molecular weight excluding hydrogens is 222 g/mol. The van der Waals surface area contributed by atoms with Gasteiger partial charge in [-0.15, -0.1) is 0 Å². The second kappa shape index (κ2) is 5.49. The van der Waals surface area contributed by atoms with E-state index in [2.05, 4.69) is 5.32 Å². The van der Waals surface area contributed by atoms with Crippen molar-refractivity contribution in [2.45, 2.75) is 33.2 Å². The zero-order valence-electron chi connectivity index (χ0n) is 10.9.